The van der Waals surface area contributed by atoms with Crippen molar-refractivity contribution in [3.63, 3.8) is 0 Å². The first-order valence-electron chi connectivity index (χ1n) is 6.83. The Labute approximate surface area is 123 Å². The number of fused-ring (bicyclic) bond motifs is 1. The second-order valence-electron chi connectivity index (χ2n) is 5.07. The van der Waals surface area contributed by atoms with Crippen molar-refractivity contribution in [2.45, 2.75) is 24.3 Å². The summed E-state index contributed by atoms with van der Waals surface area (Å²) in [6.07, 6.45) is 0.985. The zero-order valence-electron chi connectivity index (χ0n) is 11.4. The van der Waals surface area contributed by atoms with Gasteiger partial charge in [0.2, 0.25) is 0 Å². The van der Waals surface area contributed by atoms with Crippen molar-refractivity contribution in [2.75, 3.05) is 5.75 Å². The molecule has 1 amide bonds. The van der Waals surface area contributed by atoms with Crippen LogP contribution in [0.25, 0.3) is 0 Å². The summed E-state index contributed by atoms with van der Waals surface area (Å²) in [6, 6.07) is 16.2. The molecule has 1 aliphatic heterocycles. The SMILES string of the molecule is Cc1ccc(C(=O)NC2CCSc3ccccc32)cc1. The molecule has 2 nitrogen and oxygen atoms in total. The zero-order chi connectivity index (χ0) is 13.9. The molecular formula is C17H17NOS. The van der Waals surface area contributed by atoms with Crippen molar-refractivity contribution in [3.8, 4) is 0 Å². The second kappa shape index (κ2) is 5.71. The molecule has 0 fully saturated rings. The van der Waals surface area contributed by atoms with Gasteiger partial charge in [-0.1, -0.05) is 35.9 Å². The topological polar surface area (TPSA) is 29.1 Å². The Morgan fingerprint density at radius 3 is 2.70 bits per heavy atom. The lowest BCUT2D eigenvalue weighted by Crippen LogP contribution is -2.30. The molecule has 1 unspecified atom stereocenters. The predicted molar refractivity (Wildman–Crippen MR) is 83.2 cm³/mol. The molecule has 2 aromatic rings. The lowest BCUT2D eigenvalue weighted by Gasteiger charge is -2.25. The van der Waals surface area contributed by atoms with Gasteiger partial charge in [0.15, 0.2) is 0 Å². The molecule has 1 aliphatic rings. The van der Waals surface area contributed by atoms with Crippen LogP contribution in [0, 0.1) is 6.92 Å². The van der Waals surface area contributed by atoms with Gasteiger partial charge >= 0.3 is 0 Å². The molecule has 3 heteroatoms. The lowest BCUT2D eigenvalue weighted by molar-refractivity contribution is 0.0935. The van der Waals surface area contributed by atoms with E-state index in [1.165, 1.54) is 16.0 Å². The molecule has 0 spiro atoms. The molecule has 1 atom stereocenters. The first-order valence-corrected chi connectivity index (χ1v) is 7.82. The molecule has 102 valence electrons. The van der Waals surface area contributed by atoms with Crippen LogP contribution in [0.5, 0.6) is 0 Å². The van der Waals surface area contributed by atoms with Crippen LogP contribution >= 0.6 is 11.8 Å². The molecule has 20 heavy (non-hydrogen) atoms. The Bertz CT molecular complexity index is 621. The molecule has 0 aliphatic carbocycles. The number of hydrogen-bond donors (Lipinski definition) is 1. The van der Waals surface area contributed by atoms with Gasteiger partial charge in [-0.15, -0.1) is 11.8 Å². The Morgan fingerprint density at radius 1 is 1.15 bits per heavy atom. The number of aryl methyl sites for hydroxylation is 1. The van der Waals surface area contributed by atoms with Crippen LogP contribution in [0.2, 0.25) is 0 Å². The van der Waals surface area contributed by atoms with Gasteiger partial charge in [-0.25, -0.2) is 0 Å². The number of benzene rings is 2. The summed E-state index contributed by atoms with van der Waals surface area (Å²) in [6.45, 7) is 2.02. The summed E-state index contributed by atoms with van der Waals surface area (Å²) < 4.78 is 0. The van der Waals surface area contributed by atoms with Gasteiger partial charge in [0.05, 0.1) is 6.04 Å². The number of amides is 1. The Kier molecular flexibility index (Phi) is 3.79. The summed E-state index contributed by atoms with van der Waals surface area (Å²) in [7, 11) is 0. The largest absolute Gasteiger partial charge is 0.345 e. The third kappa shape index (κ3) is 2.73. The van der Waals surface area contributed by atoms with Crippen molar-refractivity contribution in [1.29, 1.82) is 0 Å². The van der Waals surface area contributed by atoms with E-state index in [9.17, 15) is 4.79 Å². The van der Waals surface area contributed by atoms with Gasteiger partial charge < -0.3 is 5.32 Å². The monoisotopic (exact) mass is 283 g/mol. The molecular weight excluding hydrogens is 266 g/mol. The minimum absolute atomic E-state index is 0.0108. The summed E-state index contributed by atoms with van der Waals surface area (Å²) in [5, 5.41) is 3.16. The van der Waals surface area contributed by atoms with Crippen LogP contribution < -0.4 is 5.32 Å². The third-order valence-electron chi connectivity index (χ3n) is 3.58. The highest BCUT2D eigenvalue weighted by Gasteiger charge is 2.22. The molecule has 3 rings (SSSR count). The number of carbonyl (C=O) groups excluding carboxylic acids is 1. The van der Waals surface area contributed by atoms with Crippen LogP contribution in [0.4, 0.5) is 0 Å². The summed E-state index contributed by atoms with van der Waals surface area (Å²) >= 11 is 1.87. The minimum Gasteiger partial charge on any atom is -0.345 e. The van der Waals surface area contributed by atoms with Gasteiger partial charge in [-0.2, -0.15) is 0 Å². The summed E-state index contributed by atoms with van der Waals surface area (Å²) in [4.78, 5) is 13.6. The van der Waals surface area contributed by atoms with Gasteiger partial charge in [-0.05, 0) is 37.1 Å². The number of thioether (sulfide) groups is 1. The highest BCUT2D eigenvalue weighted by Crippen LogP contribution is 2.35. The molecule has 2 aromatic carbocycles. The second-order valence-corrected chi connectivity index (χ2v) is 6.20. The van der Waals surface area contributed by atoms with E-state index in [4.69, 9.17) is 0 Å². The van der Waals surface area contributed by atoms with Gasteiger partial charge in [0, 0.05) is 16.2 Å². The van der Waals surface area contributed by atoms with Gasteiger partial charge in [0.25, 0.3) is 5.91 Å². The van der Waals surface area contributed by atoms with Crippen LogP contribution in [0.3, 0.4) is 0 Å². The third-order valence-corrected chi connectivity index (χ3v) is 4.70. The minimum atomic E-state index is 0.0108. The number of rotatable bonds is 2. The van der Waals surface area contributed by atoms with Crippen molar-refractivity contribution < 1.29 is 4.79 Å². The number of carbonyl (C=O) groups is 1. The van der Waals surface area contributed by atoms with E-state index in [0.29, 0.717) is 0 Å². The molecule has 0 radical (unpaired) electrons. The molecule has 0 saturated heterocycles. The van der Waals surface area contributed by atoms with E-state index in [0.717, 1.165) is 17.7 Å². The molecule has 0 saturated carbocycles. The Balaban J connectivity index is 1.79. The fourth-order valence-electron chi connectivity index (χ4n) is 2.44. The fourth-order valence-corrected chi connectivity index (χ4v) is 3.56. The van der Waals surface area contributed by atoms with Crippen LogP contribution in [0.1, 0.15) is 33.9 Å². The van der Waals surface area contributed by atoms with E-state index in [2.05, 4.69) is 23.5 Å². The predicted octanol–water partition coefficient (Wildman–Crippen LogP) is 3.96. The van der Waals surface area contributed by atoms with Crippen molar-refractivity contribution >= 4 is 17.7 Å². The van der Waals surface area contributed by atoms with E-state index in [-0.39, 0.29) is 11.9 Å². The average Bonchev–Trinajstić information content (AvgIpc) is 2.48. The Hall–Kier alpha value is -1.74. The molecule has 0 bridgehead atoms. The summed E-state index contributed by atoms with van der Waals surface area (Å²) in [5.41, 5.74) is 3.14. The van der Waals surface area contributed by atoms with Gasteiger partial charge in [-0.3, -0.25) is 4.79 Å². The quantitative estimate of drug-likeness (QED) is 0.904. The first kappa shape index (κ1) is 13.3. The number of hydrogen-bond acceptors (Lipinski definition) is 2. The number of nitrogens with one attached hydrogen (secondary N) is 1. The standard InChI is InChI=1S/C17H17NOS/c1-12-6-8-13(9-7-12)17(19)18-15-10-11-20-16-5-3-2-4-14(15)16/h2-9,15H,10-11H2,1H3,(H,18,19). The maximum Gasteiger partial charge on any atom is 0.251 e. The maximum absolute atomic E-state index is 12.3. The maximum atomic E-state index is 12.3. The highest BCUT2D eigenvalue weighted by atomic mass is 32.2. The fraction of sp³-hybridized carbons (Fsp3) is 0.235. The van der Waals surface area contributed by atoms with Crippen molar-refractivity contribution in [2.24, 2.45) is 0 Å². The van der Waals surface area contributed by atoms with Crippen molar-refractivity contribution in [1.82, 2.24) is 5.32 Å². The normalized spacial score (nSPS) is 17.4. The summed E-state index contributed by atoms with van der Waals surface area (Å²) in [5.74, 6) is 1.06. The zero-order valence-corrected chi connectivity index (χ0v) is 12.2. The van der Waals surface area contributed by atoms with E-state index < -0.39 is 0 Å². The van der Waals surface area contributed by atoms with Crippen LogP contribution in [0.15, 0.2) is 53.4 Å². The lowest BCUT2D eigenvalue weighted by atomic mass is 10.0. The smallest absolute Gasteiger partial charge is 0.251 e. The van der Waals surface area contributed by atoms with E-state index in [1.54, 1.807) is 0 Å². The van der Waals surface area contributed by atoms with E-state index in [1.807, 2.05) is 49.0 Å². The first-order chi connectivity index (χ1) is 9.74. The highest BCUT2D eigenvalue weighted by molar-refractivity contribution is 7.99. The molecule has 1 heterocycles. The van der Waals surface area contributed by atoms with Crippen LogP contribution in [-0.4, -0.2) is 11.7 Å². The molecule has 0 aromatic heterocycles. The van der Waals surface area contributed by atoms with Gasteiger partial charge in [0.1, 0.15) is 0 Å². The Morgan fingerprint density at radius 2 is 1.90 bits per heavy atom. The van der Waals surface area contributed by atoms with E-state index >= 15 is 0 Å². The average molecular weight is 283 g/mol. The molecule has 1 N–H and O–H groups in total. The van der Waals surface area contributed by atoms with Crippen molar-refractivity contribution in [3.05, 3.63) is 65.2 Å². The van der Waals surface area contributed by atoms with Crippen LogP contribution in [-0.2, 0) is 0 Å².